The highest BCUT2D eigenvalue weighted by molar-refractivity contribution is 7.45. The molecule has 4 rings (SSSR count). The molecule has 0 aliphatic carbocycles. The molecule has 0 spiro atoms. The summed E-state index contributed by atoms with van der Waals surface area (Å²) in [4.78, 5) is 92.2. The van der Waals surface area contributed by atoms with E-state index in [1.54, 1.807) is 40.0 Å². The molecule has 2 aliphatic rings. The minimum absolute atomic E-state index is 0.0178. The highest BCUT2D eigenvalue weighted by Crippen LogP contribution is 2.25. The summed E-state index contributed by atoms with van der Waals surface area (Å²) >= 11 is 0. The van der Waals surface area contributed by atoms with Crippen molar-refractivity contribution in [1.82, 2.24) is 25.1 Å². The van der Waals surface area contributed by atoms with Gasteiger partial charge in [-0.3, -0.25) is 19.2 Å². The van der Waals surface area contributed by atoms with Gasteiger partial charge in [0.1, 0.15) is 17.3 Å². The van der Waals surface area contributed by atoms with Crippen molar-refractivity contribution in [3.63, 3.8) is 0 Å². The molecule has 288 valence electrons. The summed E-state index contributed by atoms with van der Waals surface area (Å²) in [6, 6.07) is 9.03. The molecule has 2 fully saturated rings. The van der Waals surface area contributed by atoms with Gasteiger partial charge in [0.05, 0.1) is 12.7 Å². The van der Waals surface area contributed by atoms with Crippen molar-refractivity contribution in [2.75, 3.05) is 57.9 Å². The number of esters is 2. The molecule has 2 aliphatic heterocycles. The Morgan fingerprint density at radius 1 is 0.943 bits per heavy atom. The Bertz CT molecular complexity index is 1590. The van der Waals surface area contributed by atoms with Crippen LogP contribution in [0.5, 0.6) is 0 Å². The van der Waals surface area contributed by atoms with E-state index >= 15 is 0 Å². The SMILES string of the molecule is CCCC(=O)OC(OC(=O)CCC)O/[P+]([O-])=C/[C@@H](NC(=O)c1cc(N2CC[C@H](OC)C2)nc(-c2ccccc2)n1)C(=O)N1CCN(C(=O)OCC)CC1. The third-order valence-corrected chi connectivity index (χ3v) is 9.20. The topological polar surface area (TPSA) is 202 Å². The normalized spacial score (nSPS) is 16.7. The Kier molecular flexibility index (Phi) is 15.9. The Morgan fingerprint density at radius 3 is 2.17 bits per heavy atom. The first-order chi connectivity index (χ1) is 25.5. The number of anilines is 1. The fourth-order valence-electron chi connectivity index (χ4n) is 5.51. The van der Waals surface area contributed by atoms with Crippen molar-refractivity contribution < 1.29 is 52.3 Å². The van der Waals surface area contributed by atoms with Crippen LogP contribution in [0.1, 0.15) is 63.4 Å². The zero-order valence-corrected chi connectivity index (χ0v) is 31.3. The highest BCUT2D eigenvalue weighted by atomic mass is 31.1. The van der Waals surface area contributed by atoms with E-state index in [0.717, 1.165) is 12.2 Å². The number of hydrogen-bond acceptors (Lipinski definition) is 14. The Hall–Kier alpha value is -4.70. The molecule has 3 heterocycles. The molecule has 3 amide bonds. The molecule has 1 N–H and O–H groups in total. The van der Waals surface area contributed by atoms with Gasteiger partial charge < -0.3 is 43.9 Å². The number of ether oxygens (including phenoxy) is 4. The lowest BCUT2D eigenvalue weighted by Gasteiger charge is -2.35. The van der Waals surface area contributed by atoms with E-state index in [2.05, 4.69) is 10.3 Å². The monoisotopic (exact) mass is 758 g/mol. The first kappa shape index (κ1) is 41.1. The summed E-state index contributed by atoms with van der Waals surface area (Å²) in [6.07, 6.45) is 1.04. The molecule has 17 nitrogen and oxygen atoms in total. The molecule has 0 radical (unpaired) electrons. The van der Waals surface area contributed by atoms with E-state index in [1.165, 1.54) is 15.9 Å². The molecule has 2 saturated heterocycles. The van der Waals surface area contributed by atoms with E-state index in [0.29, 0.717) is 37.3 Å². The van der Waals surface area contributed by atoms with Crippen molar-refractivity contribution in [1.29, 1.82) is 0 Å². The zero-order chi connectivity index (χ0) is 38.3. The van der Waals surface area contributed by atoms with Crippen molar-refractivity contribution >= 4 is 49.5 Å². The molecule has 1 aromatic heterocycles. The predicted octanol–water partition coefficient (Wildman–Crippen LogP) is 2.23. The molecule has 3 atom stereocenters. The lowest BCUT2D eigenvalue weighted by Crippen LogP contribution is -2.56. The molecular formula is C35H47N6O11P. The van der Waals surface area contributed by atoms with Crippen LogP contribution in [-0.2, 0) is 37.9 Å². The Labute approximate surface area is 309 Å². The lowest BCUT2D eigenvalue weighted by atomic mass is 10.2. The van der Waals surface area contributed by atoms with E-state index in [9.17, 15) is 28.9 Å². The fraction of sp³-hybridized carbons (Fsp3) is 0.543. The molecule has 1 unspecified atom stereocenters. The number of nitrogens with one attached hydrogen (secondary N) is 1. The molecule has 0 bridgehead atoms. The Morgan fingerprint density at radius 2 is 1.58 bits per heavy atom. The number of methoxy groups -OCH3 is 1. The van der Waals surface area contributed by atoms with E-state index in [-0.39, 0.29) is 63.2 Å². The van der Waals surface area contributed by atoms with Gasteiger partial charge in [0.25, 0.3) is 11.8 Å². The van der Waals surface area contributed by atoms with Gasteiger partial charge in [0.15, 0.2) is 11.9 Å². The van der Waals surface area contributed by atoms with Gasteiger partial charge in [0.2, 0.25) is 8.00 Å². The van der Waals surface area contributed by atoms with Crippen LogP contribution < -0.4 is 15.1 Å². The third kappa shape index (κ3) is 12.2. The van der Waals surface area contributed by atoms with Gasteiger partial charge in [-0.1, -0.05) is 48.7 Å². The van der Waals surface area contributed by atoms with Crippen LogP contribution in [0.4, 0.5) is 10.6 Å². The third-order valence-electron chi connectivity index (χ3n) is 8.27. The minimum atomic E-state index is -3.01. The maximum atomic E-state index is 14.0. The second-order valence-electron chi connectivity index (χ2n) is 12.2. The summed E-state index contributed by atoms with van der Waals surface area (Å²) in [5.41, 5.74) is 0.589. The van der Waals surface area contributed by atoms with Crippen LogP contribution in [-0.4, -0.2) is 127 Å². The van der Waals surface area contributed by atoms with E-state index in [4.69, 9.17) is 28.5 Å². The van der Waals surface area contributed by atoms with Gasteiger partial charge in [-0.05, 0) is 26.2 Å². The van der Waals surface area contributed by atoms with Gasteiger partial charge in [-0.2, -0.15) is 0 Å². The summed E-state index contributed by atoms with van der Waals surface area (Å²) in [5.74, 6) is -1.26. The van der Waals surface area contributed by atoms with Gasteiger partial charge in [-0.25, -0.2) is 14.8 Å². The van der Waals surface area contributed by atoms with Crippen molar-refractivity contribution in [2.45, 2.75) is 71.5 Å². The smallest absolute Gasteiger partial charge is 0.409 e. The van der Waals surface area contributed by atoms with Crippen LogP contribution in [0.25, 0.3) is 11.4 Å². The summed E-state index contributed by atoms with van der Waals surface area (Å²) in [5, 5.41) is 2.62. The van der Waals surface area contributed by atoms with Gasteiger partial charge in [-0.15, -0.1) is 0 Å². The fourth-order valence-corrected chi connectivity index (χ4v) is 6.28. The first-order valence-corrected chi connectivity index (χ1v) is 18.9. The van der Waals surface area contributed by atoms with Crippen LogP contribution in [0.3, 0.4) is 0 Å². The molecule has 0 saturated carbocycles. The van der Waals surface area contributed by atoms with E-state index in [1.807, 2.05) is 23.1 Å². The van der Waals surface area contributed by atoms with Crippen molar-refractivity contribution in [2.24, 2.45) is 0 Å². The highest BCUT2D eigenvalue weighted by Gasteiger charge is 2.34. The van der Waals surface area contributed by atoms with Crippen LogP contribution in [0.2, 0.25) is 0 Å². The van der Waals surface area contributed by atoms with Gasteiger partial charge in [0, 0.05) is 70.8 Å². The largest absolute Gasteiger partial charge is 0.603 e. The number of nitrogens with zero attached hydrogens (tertiary/aromatic N) is 5. The van der Waals surface area contributed by atoms with Crippen LogP contribution in [0, 0.1) is 0 Å². The molecular weight excluding hydrogens is 711 g/mol. The molecule has 18 heteroatoms. The maximum Gasteiger partial charge on any atom is 0.409 e. The average Bonchev–Trinajstić information content (AvgIpc) is 3.64. The second-order valence-corrected chi connectivity index (χ2v) is 13.2. The summed E-state index contributed by atoms with van der Waals surface area (Å²) in [7, 11) is -1.38. The standard InChI is InChI=1S/C35H47N6O11P/c1-5-11-29(42)50-35(51-30(43)12-6-2)52-53(47)23-27(33(45)39-17-19-40(20-18-39)34(46)49-7-3)37-32(44)26-21-28(41-16-15-25(22-41)48-4)38-31(36-26)24-13-9-8-10-14-24/h8-10,13-14,21,23,25,27,35H,5-7,11-12,15-20,22H2,1-4H3,(H,37,44)/t25-,27+/m0/s1. The number of benzene rings is 1. The van der Waals surface area contributed by atoms with Crippen molar-refractivity contribution in [3.05, 3.63) is 42.1 Å². The number of piperazine rings is 1. The number of hydrogen-bond donors (Lipinski definition) is 1. The zero-order valence-electron chi connectivity index (χ0n) is 30.4. The number of carbonyl (C=O) groups excluding carboxylic acids is 5. The number of aromatic nitrogens is 2. The first-order valence-electron chi connectivity index (χ1n) is 17.7. The van der Waals surface area contributed by atoms with E-state index < -0.39 is 50.4 Å². The molecule has 53 heavy (non-hydrogen) atoms. The minimum Gasteiger partial charge on any atom is -0.603 e. The van der Waals surface area contributed by atoms with Gasteiger partial charge >= 0.3 is 24.5 Å². The maximum absolute atomic E-state index is 14.0. The number of carbonyl (C=O) groups is 5. The van der Waals surface area contributed by atoms with Crippen LogP contribution >= 0.6 is 8.00 Å². The number of rotatable bonds is 16. The van der Waals surface area contributed by atoms with Crippen molar-refractivity contribution in [3.8, 4) is 11.4 Å². The summed E-state index contributed by atoms with van der Waals surface area (Å²) in [6.45, 7) is 5.07. The molecule has 1 aromatic carbocycles. The molecule has 2 aromatic rings. The van der Waals surface area contributed by atoms with Crippen LogP contribution in [0.15, 0.2) is 36.4 Å². The lowest BCUT2D eigenvalue weighted by molar-refractivity contribution is -0.253. The summed E-state index contributed by atoms with van der Waals surface area (Å²) < 4.78 is 26.1. The average molecular weight is 759 g/mol. The number of amides is 3. The predicted molar refractivity (Wildman–Crippen MR) is 191 cm³/mol. The second kappa shape index (κ2) is 20.5. The Balaban J connectivity index is 1.64. The quantitative estimate of drug-likeness (QED) is 0.148.